The Labute approximate surface area is 128 Å². The van der Waals surface area contributed by atoms with Gasteiger partial charge in [0.05, 0.1) is 12.1 Å². The fraction of sp³-hybridized carbons (Fsp3) is 0.400. The third-order valence-corrected chi connectivity index (χ3v) is 3.76. The molecule has 7 heteroatoms. The number of carbonyl (C=O) groups is 1. The number of hydrogen-bond acceptors (Lipinski definition) is 5. The summed E-state index contributed by atoms with van der Waals surface area (Å²) >= 11 is 0. The van der Waals surface area contributed by atoms with Gasteiger partial charge in [0.15, 0.2) is 0 Å². The van der Waals surface area contributed by atoms with E-state index in [4.69, 9.17) is 4.42 Å². The smallest absolute Gasteiger partial charge is 0.319 e. The Morgan fingerprint density at radius 2 is 2.14 bits per heavy atom. The van der Waals surface area contributed by atoms with E-state index in [1.54, 1.807) is 18.2 Å². The monoisotopic (exact) mass is 304 g/mol. The SMILES string of the molecule is CCC(CC)(CO)NC(=O)Nc1cccc(-c2nnco2)c1. The van der Waals surface area contributed by atoms with Crippen molar-refractivity contribution in [1.29, 1.82) is 0 Å². The Morgan fingerprint density at radius 3 is 2.73 bits per heavy atom. The first-order valence-corrected chi connectivity index (χ1v) is 7.19. The molecule has 0 radical (unpaired) electrons. The molecule has 0 aliphatic heterocycles. The van der Waals surface area contributed by atoms with Crippen LogP contribution in [0.3, 0.4) is 0 Å². The van der Waals surface area contributed by atoms with Crippen LogP contribution in [0.25, 0.3) is 11.5 Å². The molecule has 0 fully saturated rings. The van der Waals surface area contributed by atoms with Crippen LogP contribution in [0.2, 0.25) is 0 Å². The molecule has 3 N–H and O–H groups in total. The number of rotatable bonds is 6. The number of urea groups is 1. The third kappa shape index (κ3) is 3.62. The molecule has 0 saturated heterocycles. The quantitative estimate of drug-likeness (QED) is 0.761. The Bertz CT molecular complexity index is 601. The van der Waals surface area contributed by atoms with Crippen LogP contribution in [0, 0.1) is 0 Å². The number of anilines is 1. The zero-order valence-electron chi connectivity index (χ0n) is 12.7. The van der Waals surface area contributed by atoms with Crippen LogP contribution in [-0.2, 0) is 0 Å². The number of aliphatic hydroxyl groups excluding tert-OH is 1. The fourth-order valence-corrected chi connectivity index (χ4v) is 2.12. The lowest BCUT2D eigenvalue weighted by atomic mass is 9.94. The number of aromatic nitrogens is 2. The van der Waals surface area contributed by atoms with Gasteiger partial charge in [0, 0.05) is 11.3 Å². The molecule has 1 aromatic heterocycles. The van der Waals surface area contributed by atoms with E-state index in [-0.39, 0.29) is 12.6 Å². The molecule has 2 aromatic rings. The van der Waals surface area contributed by atoms with E-state index in [0.717, 1.165) is 5.56 Å². The average molecular weight is 304 g/mol. The van der Waals surface area contributed by atoms with Gasteiger partial charge in [-0.2, -0.15) is 0 Å². The van der Waals surface area contributed by atoms with Gasteiger partial charge in [-0.1, -0.05) is 19.9 Å². The maximum Gasteiger partial charge on any atom is 0.319 e. The summed E-state index contributed by atoms with van der Waals surface area (Å²) in [6.07, 6.45) is 2.55. The second-order valence-corrected chi connectivity index (χ2v) is 5.05. The Morgan fingerprint density at radius 1 is 1.36 bits per heavy atom. The van der Waals surface area contributed by atoms with Gasteiger partial charge in [-0.15, -0.1) is 10.2 Å². The molecule has 7 nitrogen and oxygen atoms in total. The maximum atomic E-state index is 12.1. The number of nitrogens with zero attached hydrogens (tertiary/aromatic N) is 2. The standard InChI is InChI=1S/C15H20N4O3/c1-3-15(4-2,9-20)18-14(21)17-12-7-5-6-11(8-12)13-19-16-10-22-13/h5-8,10,20H,3-4,9H2,1-2H3,(H2,17,18,21). The predicted octanol–water partition coefficient (Wildman–Crippen LogP) is 2.41. The molecule has 0 aliphatic carbocycles. The molecule has 1 aromatic carbocycles. The van der Waals surface area contributed by atoms with E-state index in [0.29, 0.717) is 24.4 Å². The summed E-state index contributed by atoms with van der Waals surface area (Å²) in [4.78, 5) is 12.1. The molecule has 1 heterocycles. The molecule has 0 bridgehead atoms. The van der Waals surface area contributed by atoms with Crippen molar-refractivity contribution in [2.24, 2.45) is 0 Å². The highest BCUT2D eigenvalue weighted by Crippen LogP contribution is 2.20. The highest BCUT2D eigenvalue weighted by atomic mass is 16.4. The molecule has 0 unspecified atom stereocenters. The second kappa shape index (κ2) is 7.04. The Hall–Kier alpha value is -2.41. The zero-order chi connectivity index (χ0) is 16.0. The molecule has 2 amide bonds. The van der Waals surface area contributed by atoms with Crippen LogP contribution in [0.4, 0.5) is 10.5 Å². The second-order valence-electron chi connectivity index (χ2n) is 5.05. The van der Waals surface area contributed by atoms with Crippen LogP contribution in [0.1, 0.15) is 26.7 Å². The highest BCUT2D eigenvalue weighted by molar-refractivity contribution is 5.90. The van der Waals surface area contributed by atoms with E-state index in [1.165, 1.54) is 6.39 Å². The van der Waals surface area contributed by atoms with Crippen LogP contribution >= 0.6 is 0 Å². The Balaban J connectivity index is 2.07. The van der Waals surface area contributed by atoms with Crippen molar-refractivity contribution in [3.05, 3.63) is 30.7 Å². The number of carbonyl (C=O) groups excluding carboxylic acids is 1. The molecular formula is C15H20N4O3. The van der Waals surface area contributed by atoms with Crippen molar-refractivity contribution in [3.8, 4) is 11.5 Å². The average Bonchev–Trinajstić information content (AvgIpc) is 3.07. The first-order chi connectivity index (χ1) is 10.6. The van der Waals surface area contributed by atoms with E-state index in [1.807, 2.05) is 19.9 Å². The Kier molecular flexibility index (Phi) is 5.11. The number of aliphatic hydroxyl groups is 1. The topological polar surface area (TPSA) is 100 Å². The third-order valence-electron chi connectivity index (χ3n) is 3.76. The minimum absolute atomic E-state index is 0.102. The zero-order valence-corrected chi connectivity index (χ0v) is 12.7. The van der Waals surface area contributed by atoms with Crippen LogP contribution in [-0.4, -0.2) is 33.5 Å². The summed E-state index contributed by atoms with van der Waals surface area (Å²) < 4.78 is 5.13. The molecule has 118 valence electrons. The van der Waals surface area contributed by atoms with E-state index in [2.05, 4.69) is 20.8 Å². The van der Waals surface area contributed by atoms with Crippen molar-refractivity contribution in [1.82, 2.24) is 15.5 Å². The van der Waals surface area contributed by atoms with Crippen molar-refractivity contribution >= 4 is 11.7 Å². The first kappa shape index (κ1) is 16.0. The van der Waals surface area contributed by atoms with Gasteiger partial charge in [0.25, 0.3) is 0 Å². The van der Waals surface area contributed by atoms with Crippen molar-refractivity contribution < 1.29 is 14.3 Å². The van der Waals surface area contributed by atoms with Gasteiger partial charge in [0.1, 0.15) is 0 Å². The van der Waals surface area contributed by atoms with Crippen LogP contribution in [0.15, 0.2) is 35.1 Å². The van der Waals surface area contributed by atoms with Crippen molar-refractivity contribution in [2.45, 2.75) is 32.2 Å². The molecule has 0 atom stereocenters. The summed E-state index contributed by atoms with van der Waals surface area (Å²) in [5.74, 6) is 0.385. The largest absolute Gasteiger partial charge is 0.423 e. The molecule has 0 spiro atoms. The first-order valence-electron chi connectivity index (χ1n) is 7.19. The number of nitrogens with one attached hydrogen (secondary N) is 2. The summed E-state index contributed by atoms with van der Waals surface area (Å²) in [5.41, 5.74) is 0.718. The van der Waals surface area contributed by atoms with Gasteiger partial charge in [-0.05, 0) is 31.0 Å². The molecule has 22 heavy (non-hydrogen) atoms. The summed E-state index contributed by atoms with van der Waals surface area (Å²) in [7, 11) is 0. The predicted molar refractivity (Wildman–Crippen MR) is 82.3 cm³/mol. The number of hydrogen-bond donors (Lipinski definition) is 3. The maximum absolute atomic E-state index is 12.1. The molecule has 0 saturated carbocycles. The van der Waals surface area contributed by atoms with Crippen LogP contribution < -0.4 is 10.6 Å². The lowest BCUT2D eigenvalue weighted by molar-refractivity contribution is 0.155. The normalized spacial score (nSPS) is 11.2. The molecular weight excluding hydrogens is 284 g/mol. The lowest BCUT2D eigenvalue weighted by Gasteiger charge is -2.30. The van der Waals surface area contributed by atoms with E-state index in [9.17, 15) is 9.90 Å². The summed E-state index contributed by atoms with van der Waals surface area (Å²) in [6, 6.07) is 6.74. The molecule has 2 rings (SSSR count). The molecule has 0 aliphatic rings. The van der Waals surface area contributed by atoms with E-state index < -0.39 is 5.54 Å². The fourth-order valence-electron chi connectivity index (χ4n) is 2.12. The van der Waals surface area contributed by atoms with Gasteiger partial charge in [-0.25, -0.2) is 4.79 Å². The minimum Gasteiger partial charge on any atom is -0.423 e. The van der Waals surface area contributed by atoms with Gasteiger partial charge in [-0.3, -0.25) is 0 Å². The van der Waals surface area contributed by atoms with Gasteiger partial charge >= 0.3 is 6.03 Å². The number of amides is 2. The van der Waals surface area contributed by atoms with Crippen LogP contribution in [0.5, 0.6) is 0 Å². The van der Waals surface area contributed by atoms with Gasteiger partial charge < -0.3 is 20.2 Å². The summed E-state index contributed by atoms with van der Waals surface area (Å²) in [5, 5.41) is 22.5. The summed E-state index contributed by atoms with van der Waals surface area (Å²) in [6.45, 7) is 3.75. The lowest BCUT2D eigenvalue weighted by Crippen LogP contribution is -2.52. The van der Waals surface area contributed by atoms with Crippen molar-refractivity contribution in [3.63, 3.8) is 0 Å². The van der Waals surface area contributed by atoms with E-state index >= 15 is 0 Å². The van der Waals surface area contributed by atoms with Crippen molar-refractivity contribution in [2.75, 3.05) is 11.9 Å². The highest BCUT2D eigenvalue weighted by Gasteiger charge is 2.27. The minimum atomic E-state index is -0.603. The van der Waals surface area contributed by atoms with Gasteiger partial charge in [0.2, 0.25) is 12.3 Å². The number of benzene rings is 1.